The normalized spacial score (nSPS) is 10.7. The van der Waals surface area contributed by atoms with Gasteiger partial charge in [-0.2, -0.15) is 0 Å². The smallest absolute Gasteiger partial charge is 0.165 e. The van der Waals surface area contributed by atoms with Gasteiger partial charge in [0.25, 0.3) is 0 Å². The zero-order chi connectivity index (χ0) is 15.4. The molecule has 0 aliphatic rings. The summed E-state index contributed by atoms with van der Waals surface area (Å²) < 4.78 is 19.3. The molecule has 2 aromatic rings. The van der Waals surface area contributed by atoms with Gasteiger partial charge in [-0.3, -0.25) is 4.79 Å². The lowest BCUT2D eigenvalue weighted by Crippen LogP contribution is -2.00. The van der Waals surface area contributed by atoms with E-state index in [1.54, 1.807) is 6.07 Å². The van der Waals surface area contributed by atoms with Crippen LogP contribution in [0.25, 0.3) is 0 Å². The number of ketones is 1. The van der Waals surface area contributed by atoms with E-state index in [-0.39, 0.29) is 11.5 Å². The minimum absolute atomic E-state index is 0.160. The average Bonchev–Trinajstić information content (AvgIpc) is 2.46. The molecule has 0 saturated heterocycles. The summed E-state index contributed by atoms with van der Waals surface area (Å²) >= 11 is 0. The van der Waals surface area contributed by atoms with Crippen LogP contribution in [0.1, 0.15) is 48.2 Å². The third kappa shape index (κ3) is 3.91. The maximum atomic E-state index is 13.8. The van der Waals surface area contributed by atoms with Crippen molar-refractivity contribution in [2.75, 3.05) is 0 Å². The molecule has 0 aliphatic carbocycles. The Morgan fingerprint density at radius 3 is 2.33 bits per heavy atom. The summed E-state index contributed by atoms with van der Waals surface area (Å²) in [4.78, 5) is 11.2. The molecule has 0 amide bonds. The number of rotatable bonds is 5. The molecule has 0 radical (unpaired) electrons. The summed E-state index contributed by atoms with van der Waals surface area (Å²) in [5, 5.41) is 0. The second-order valence-corrected chi connectivity index (χ2v) is 5.39. The largest absolute Gasteiger partial charge is 0.486 e. The van der Waals surface area contributed by atoms with Gasteiger partial charge >= 0.3 is 0 Å². The van der Waals surface area contributed by atoms with Gasteiger partial charge < -0.3 is 4.74 Å². The number of hydrogen-bond donors (Lipinski definition) is 0. The highest BCUT2D eigenvalue weighted by molar-refractivity contribution is 5.94. The second kappa shape index (κ2) is 6.53. The van der Waals surface area contributed by atoms with Gasteiger partial charge in [-0.15, -0.1) is 0 Å². The number of ether oxygens (including phenoxy) is 1. The lowest BCUT2D eigenvalue weighted by atomic mass is 10.0. The van der Waals surface area contributed by atoms with Gasteiger partial charge in [-0.05, 0) is 42.2 Å². The molecule has 0 fully saturated rings. The van der Waals surface area contributed by atoms with E-state index in [1.807, 2.05) is 12.1 Å². The molecular weight excluding hydrogens is 267 g/mol. The van der Waals surface area contributed by atoms with E-state index in [0.29, 0.717) is 18.1 Å². The molecule has 0 saturated carbocycles. The first-order chi connectivity index (χ1) is 9.97. The summed E-state index contributed by atoms with van der Waals surface area (Å²) in [6.45, 7) is 5.98. The summed E-state index contributed by atoms with van der Waals surface area (Å²) in [5.74, 6) is -0.0318. The molecule has 0 aliphatic heterocycles. The molecule has 110 valence electrons. The maximum Gasteiger partial charge on any atom is 0.165 e. The Morgan fingerprint density at radius 1 is 1.14 bits per heavy atom. The highest BCUT2D eigenvalue weighted by atomic mass is 19.1. The molecule has 0 aromatic heterocycles. The van der Waals surface area contributed by atoms with E-state index >= 15 is 0 Å². The second-order valence-electron chi connectivity index (χ2n) is 5.39. The van der Waals surface area contributed by atoms with Crippen LogP contribution in [0.3, 0.4) is 0 Å². The van der Waals surface area contributed by atoms with Gasteiger partial charge in [0.15, 0.2) is 17.3 Å². The number of carbonyl (C=O) groups excluding carboxylic acids is 1. The molecule has 0 atom stereocenters. The highest BCUT2D eigenvalue weighted by Gasteiger charge is 2.08. The van der Waals surface area contributed by atoms with Gasteiger partial charge in [0, 0.05) is 5.56 Å². The third-order valence-electron chi connectivity index (χ3n) is 3.38. The van der Waals surface area contributed by atoms with Gasteiger partial charge in [0.05, 0.1) is 0 Å². The fraction of sp³-hybridized carbons (Fsp3) is 0.278. The van der Waals surface area contributed by atoms with Crippen molar-refractivity contribution < 1.29 is 13.9 Å². The minimum atomic E-state index is -0.512. The number of halogens is 1. The summed E-state index contributed by atoms with van der Waals surface area (Å²) in [5.41, 5.74) is 2.59. The molecular formula is C18H19FO2. The minimum Gasteiger partial charge on any atom is -0.486 e. The fourth-order valence-electron chi connectivity index (χ4n) is 2.00. The quantitative estimate of drug-likeness (QED) is 0.743. The molecule has 2 aromatic carbocycles. The molecule has 2 rings (SSSR count). The fourth-order valence-corrected chi connectivity index (χ4v) is 2.00. The van der Waals surface area contributed by atoms with Crippen LogP contribution < -0.4 is 4.74 Å². The number of Topliss-reactive ketones (excluding diaryl/α,β-unsaturated/α-hetero) is 1. The number of hydrogen-bond acceptors (Lipinski definition) is 2. The van der Waals surface area contributed by atoms with Gasteiger partial charge in [0.2, 0.25) is 0 Å². The third-order valence-corrected chi connectivity index (χ3v) is 3.38. The zero-order valence-corrected chi connectivity index (χ0v) is 12.5. The summed E-state index contributed by atoms with van der Waals surface area (Å²) in [6.07, 6.45) is 0. The van der Waals surface area contributed by atoms with E-state index in [9.17, 15) is 9.18 Å². The van der Waals surface area contributed by atoms with Crippen molar-refractivity contribution in [2.45, 2.75) is 33.3 Å². The molecule has 0 unspecified atom stereocenters. The van der Waals surface area contributed by atoms with Crippen LogP contribution in [0, 0.1) is 5.82 Å². The van der Waals surface area contributed by atoms with Crippen LogP contribution in [0.4, 0.5) is 4.39 Å². The van der Waals surface area contributed by atoms with Crippen molar-refractivity contribution in [1.82, 2.24) is 0 Å². The van der Waals surface area contributed by atoms with Crippen LogP contribution in [-0.4, -0.2) is 5.78 Å². The Labute approximate surface area is 124 Å². The van der Waals surface area contributed by atoms with Crippen molar-refractivity contribution >= 4 is 5.78 Å². The van der Waals surface area contributed by atoms with Gasteiger partial charge in [-0.1, -0.05) is 38.1 Å². The summed E-state index contributed by atoms with van der Waals surface area (Å²) in [7, 11) is 0. The van der Waals surface area contributed by atoms with E-state index in [4.69, 9.17) is 4.74 Å². The maximum absolute atomic E-state index is 13.8. The molecule has 2 nitrogen and oxygen atoms in total. The van der Waals surface area contributed by atoms with Crippen LogP contribution >= 0.6 is 0 Å². The highest BCUT2D eigenvalue weighted by Crippen LogP contribution is 2.21. The lowest BCUT2D eigenvalue weighted by molar-refractivity contribution is 0.101. The molecule has 3 heteroatoms. The Hall–Kier alpha value is -2.16. The molecule has 0 spiro atoms. The molecule has 0 bridgehead atoms. The van der Waals surface area contributed by atoms with Crippen LogP contribution in [0.2, 0.25) is 0 Å². The SMILES string of the molecule is CC(=O)c1ccc(OCc2ccc(C(C)C)cc2)c(F)c1. The van der Waals surface area contributed by atoms with Crippen LogP contribution in [0.5, 0.6) is 5.75 Å². The number of benzene rings is 2. The van der Waals surface area contributed by atoms with E-state index in [2.05, 4.69) is 26.0 Å². The molecule has 0 heterocycles. The Kier molecular flexibility index (Phi) is 4.73. The van der Waals surface area contributed by atoms with Gasteiger partial charge in [-0.25, -0.2) is 4.39 Å². The average molecular weight is 286 g/mol. The first kappa shape index (κ1) is 15.2. The summed E-state index contributed by atoms with van der Waals surface area (Å²) in [6, 6.07) is 12.3. The predicted octanol–water partition coefficient (Wildman–Crippen LogP) is 4.73. The monoisotopic (exact) mass is 286 g/mol. The van der Waals surface area contributed by atoms with Crippen molar-refractivity contribution in [3.63, 3.8) is 0 Å². The van der Waals surface area contributed by atoms with Gasteiger partial charge in [0.1, 0.15) is 6.61 Å². The first-order valence-corrected chi connectivity index (χ1v) is 6.99. The van der Waals surface area contributed by atoms with Crippen molar-refractivity contribution in [3.05, 3.63) is 65.0 Å². The van der Waals surface area contributed by atoms with E-state index in [1.165, 1.54) is 24.6 Å². The zero-order valence-electron chi connectivity index (χ0n) is 12.5. The number of carbonyl (C=O) groups is 1. The molecule has 21 heavy (non-hydrogen) atoms. The Bertz CT molecular complexity index is 630. The molecule has 0 N–H and O–H groups in total. The Morgan fingerprint density at radius 2 is 1.81 bits per heavy atom. The topological polar surface area (TPSA) is 26.3 Å². The first-order valence-electron chi connectivity index (χ1n) is 6.99. The van der Waals surface area contributed by atoms with E-state index < -0.39 is 5.82 Å². The van der Waals surface area contributed by atoms with Crippen LogP contribution in [0.15, 0.2) is 42.5 Å². The lowest BCUT2D eigenvalue weighted by Gasteiger charge is -2.10. The van der Waals surface area contributed by atoms with Crippen molar-refractivity contribution in [3.8, 4) is 5.75 Å². The standard InChI is InChI=1S/C18H19FO2/c1-12(2)15-6-4-14(5-7-15)11-21-18-9-8-16(13(3)20)10-17(18)19/h4-10,12H,11H2,1-3H3. The van der Waals surface area contributed by atoms with Crippen LogP contribution in [-0.2, 0) is 6.61 Å². The predicted molar refractivity (Wildman–Crippen MR) is 81.3 cm³/mol. The Balaban J connectivity index is 2.04. The van der Waals surface area contributed by atoms with Crippen molar-refractivity contribution in [2.24, 2.45) is 0 Å². The van der Waals surface area contributed by atoms with Crippen molar-refractivity contribution in [1.29, 1.82) is 0 Å². The van der Waals surface area contributed by atoms with E-state index in [0.717, 1.165) is 5.56 Å².